The highest BCUT2D eigenvalue weighted by atomic mass is 16.5. The Balaban J connectivity index is 1.73. The average molecular weight is 373 g/mol. The van der Waals surface area contributed by atoms with E-state index in [4.69, 9.17) is 4.74 Å². The van der Waals surface area contributed by atoms with E-state index in [0.29, 0.717) is 11.3 Å². The van der Waals surface area contributed by atoms with E-state index in [1.807, 2.05) is 48.5 Å². The van der Waals surface area contributed by atoms with Crippen molar-refractivity contribution < 1.29 is 19.1 Å². The van der Waals surface area contributed by atoms with Gasteiger partial charge in [-0.25, -0.2) is 9.59 Å². The molecule has 0 aliphatic carbocycles. The van der Waals surface area contributed by atoms with Gasteiger partial charge in [-0.1, -0.05) is 48.5 Å². The van der Waals surface area contributed by atoms with E-state index in [9.17, 15) is 9.59 Å². The van der Waals surface area contributed by atoms with Gasteiger partial charge < -0.3 is 9.47 Å². The number of pyridine rings is 1. The van der Waals surface area contributed by atoms with E-state index in [0.717, 1.165) is 11.1 Å². The van der Waals surface area contributed by atoms with Crippen molar-refractivity contribution in [3.8, 4) is 0 Å². The molecule has 0 aliphatic rings. The molecule has 0 radical (unpaired) electrons. The summed E-state index contributed by atoms with van der Waals surface area (Å²) in [6, 6.07) is 21.7. The van der Waals surface area contributed by atoms with Crippen LogP contribution in [0.1, 0.15) is 33.3 Å². The van der Waals surface area contributed by atoms with Crippen LogP contribution >= 0.6 is 0 Å². The van der Waals surface area contributed by atoms with Crippen molar-refractivity contribution >= 4 is 18.0 Å². The number of aromatic nitrogens is 1. The molecule has 140 valence electrons. The molecule has 3 rings (SSSR count). The number of nitrogens with zero attached hydrogens (tertiary/aromatic N) is 1. The third kappa shape index (κ3) is 4.92. The van der Waals surface area contributed by atoms with Crippen molar-refractivity contribution in [2.24, 2.45) is 0 Å². The summed E-state index contributed by atoms with van der Waals surface area (Å²) in [5, 5.41) is 0. The number of methoxy groups -OCH3 is 1. The van der Waals surface area contributed by atoms with Gasteiger partial charge in [0.05, 0.1) is 18.4 Å². The molecule has 0 saturated carbocycles. The smallest absolute Gasteiger partial charge is 0.337 e. The standard InChI is InChI=1S/C23H19NO4/c1-27-23(26)19-13-10-17(11-14-19)12-15-21(25)28-22(18-7-3-2-4-8-18)20-9-5-6-16-24-20/h2-16,22H,1H3/b15-12+. The zero-order chi connectivity index (χ0) is 19.8. The number of carbonyl (C=O) groups excluding carboxylic acids is 2. The van der Waals surface area contributed by atoms with Gasteiger partial charge in [0.2, 0.25) is 0 Å². The van der Waals surface area contributed by atoms with Gasteiger partial charge in [0.1, 0.15) is 0 Å². The summed E-state index contributed by atoms with van der Waals surface area (Å²) in [5.41, 5.74) is 2.70. The van der Waals surface area contributed by atoms with E-state index in [2.05, 4.69) is 9.72 Å². The summed E-state index contributed by atoms with van der Waals surface area (Å²) in [6.45, 7) is 0. The van der Waals surface area contributed by atoms with Gasteiger partial charge in [-0.15, -0.1) is 0 Å². The minimum absolute atomic E-state index is 0.406. The highest BCUT2D eigenvalue weighted by molar-refractivity contribution is 5.90. The lowest BCUT2D eigenvalue weighted by Crippen LogP contribution is -2.12. The lowest BCUT2D eigenvalue weighted by molar-refractivity contribution is -0.141. The van der Waals surface area contributed by atoms with Crippen LogP contribution in [0.2, 0.25) is 0 Å². The number of carbonyl (C=O) groups is 2. The number of rotatable bonds is 6. The lowest BCUT2D eigenvalue weighted by Gasteiger charge is -2.16. The molecule has 0 saturated heterocycles. The predicted molar refractivity (Wildman–Crippen MR) is 105 cm³/mol. The first kappa shape index (κ1) is 19.0. The van der Waals surface area contributed by atoms with Crippen LogP contribution in [0.5, 0.6) is 0 Å². The minimum Gasteiger partial charge on any atom is -0.465 e. The van der Waals surface area contributed by atoms with Gasteiger partial charge in [-0.05, 0) is 41.5 Å². The van der Waals surface area contributed by atoms with Gasteiger partial charge in [0, 0.05) is 12.3 Å². The van der Waals surface area contributed by atoms with E-state index >= 15 is 0 Å². The first-order valence-electron chi connectivity index (χ1n) is 8.70. The van der Waals surface area contributed by atoms with E-state index in [1.165, 1.54) is 13.2 Å². The quantitative estimate of drug-likeness (QED) is 0.478. The van der Waals surface area contributed by atoms with E-state index in [1.54, 1.807) is 36.5 Å². The molecule has 0 aliphatic heterocycles. The maximum absolute atomic E-state index is 12.4. The number of ether oxygens (including phenoxy) is 2. The molecule has 0 spiro atoms. The fraction of sp³-hybridized carbons (Fsp3) is 0.0870. The maximum atomic E-state index is 12.4. The number of esters is 2. The summed E-state index contributed by atoms with van der Waals surface area (Å²) in [4.78, 5) is 28.2. The second kappa shape index (κ2) is 9.28. The summed E-state index contributed by atoms with van der Waals surface area (Å²) in [6.07, 6.45) is 4.05. The predicted octanol–water partition coefficient (Wildman–Crippen LogP) is 4.21. The molecular formula is C23H19NO4. The molecule has 5 nitrogen and oxygen atoms in total. The Bertz CT molecular complexity index is 911. The van der Waals surface area contributed by atoms with Crippen LogP contribution in [0.15, 0.2) is 85.1 Å². The monoisotopic (exact) mass is 373 g/mol. The molecule has 28 heavy (non-hydrogen) atoms. The highest BCUT2D eigenvalue weighted by Gasteiger charge is 2.18. The molecule has 5 heteroatoms. The molecular weight excluding hydrogens is 354 g/mol. The molecule has 3 aromatic rings. The van der Waals surface area contributed by atoms with Crippen LogP contribution in [0, 0.1) is 0 Å². The Morgan fingerprint density at radius 2 is 1.64 bits per heavy atom. The van der Waals surface area contributed by atoms with Gasteiger partial charge in [-0.2, -0.15) is 0 Å². The Labute approximate surface area is 163 Å². The topological polar surface area (TPSA) is 65.5 Å². The van der Waals surface area contributed by atoms with Gasteiger partial charge >= 0.3 is 11.9 Å². The van der Waals surface area contributed by atoms with Crippen molar-refractivity contribution in [1.82, 2.24) is 4.98 Å². The van der Waals surface area contributed by atoms with Crippen molar-refractivity contribution in [3.05, 3.63) is 107 Å². The SMILES string of the molecule is COC(=O)c1ccc(/C=C/C(=O)OC(c2ccccc2)c2ccccn2)cc1. The molecule has 0 N–H and O–H groups in total. The van der Waals surface area contributed by atoms with Gasteiger partial charge in [0.25, 0.3) is 0 Å². The van der Waals surface area contributed by atoms with Crippen LogP contribution in [0.25, 0.3) is 6.08 Å². The molecule has 1 heterocycles. The number of hydrogen-bond donors (Lipinski definition) is 0. The number of hydrogen-bond acceptors (Lipinski definition) is 5. The Morgan fingerprint density at radius 1 is 0.929 bits per heavy atom. The van der Waals surface area contributed by atoms with Crippen molar-refractivity contribution in [3.63, 3.8) is 0 Å². The minimum atomic E-state index is -0.596. The van der Waals surface area contributed by atoms with Gasteiger partial charge in [-0.3, -0.25) is 4.98 Å². The molecule has 2 aromatic carbocycles. The normalized spacial score (nSPS) is 11.8. The van der Waals surface area contributed by atoms with Gasteiger partial charge in [0.15, 0.2) is 6.10 Å². The highest BCUT2D eigenvalue weighted by Crippen LogP contribution is 2.24. The second-order valence-corrected chi connectivity index (χ2v) is 5.93. The van der Waals surface area contributed by atoms with Crippen molar-refractivity contribution in [1.29, 1.82) is 0 Å². The zero-order valence-electron chi connectivity index (χ0n) is 15.3. The fourth-order valence-corrected chi connectivity index (χ4v) is 2.63. The summed E-state index contributed by atoms with van der Waals surface area (Å²) >= 11 is 0. The Hall–Kier alpha value is -3.73. The first-order chi connectivity index (χ1) is 13.7. The molecule has 1 unspecified atom stereocenters. The first-order valence-corrected chi connectivity index (χ1v) is 8.70. The summed E-state index contributed by atoms with van der Waals surface area (Å²) in [7, 11) is 1.33. The van der Waals surface area contributed by atoms with Crippen LogP contribution in [0.4, 0.5) is 0 Å². The largest absolute Gasteiger partial charge is 0.465 e. The third-order valence-corrected chi connectivity index (χ3v) is 4.04. The zero-order valence-corrected chi connectivity index (χ0v) is 15.3. The Morgan fingerprint density at radius 3 is 2.29 bits per heavy atom. The number of benzene rings is 2. The molecule has 0 bridgehead atoms. The van der Waals surface area contributed by atoms with Crippen molar-refractivity contribution in [2.75, 3.05) is 7.11 Å². The molecule has 1 aromatic heterocycles. The lowest BCUT2D eigenvalue weighted by atomic mass is 10.1. The Kier molecular flexibility index (Phi) is 6.31. The van der Waals surface area contributed by atoms with Crippen LogP contribution < -0.4 is 0 Å². The summed E-state index contributed by atoms with van der Waals surface area (Å²) < 4.78 is 10.3. The van der Waals surface area contributed by atoms with E-state index in [-0.39, 0.29) is 0 Å². The molecule has 0 fully saturated rings. The second-order valence-electron chi connectivity index (χ2n) is 5.93. The average Bonchev–Trinajstić information content (AvgIpc) is 2.77. The molecule has 1 atom stereocenters. The molecule has 0 amide bonds. The van der Waals surface area contributed by atoms with Crippen molar-refractivity contribution in [2.45, 2.75) is 6.10 Å². The summed E-state index contributed by atoms with van der Waals surface area (Å²) in [5.74, 6) is -0.896. The fourth-order valence-electron chi connectivity index (χ4n) is 2.63. The maximum Gasteiger partial charge on any atom is 0.337 e. The van der Waals surface area contributed by atoms with E-state index < -0.39 is 18.0 Å². The van der Waals surface area contributed by atoms with Crippen LogP contribution in [-0.4, -0.2) is 24.0 Å². The van der Waals surface area contributed by atoms with Crippen LogP contribution in [0.3, 0.4) is 0 Å². The third-order valence-electron chi connectivity index (χ3n) is 4.04. The van der Waals surface area contributed by atoms with Crippen LogP contribution in [-0.2, 0) is 14.3 Å².